The van der Waals surface area contributed by atoms with Gasteiger partial charge >= 0.3 is 0 Å². The molecule has 0 unspecified atom stereocenters. The second kappa shape index (κ2) is 9.85. The maximum atomic E-state index is 4.80. The Morgan fingerprint density at radius 3 is 2.44 bits per heavy atom. The molecule has 1 fully saturated rings. The van der Waals surface area contributed by atoms with Crippen molar-refractivity contribution in [3.8, 4) is 5.82 Å². The second-order valence-corrected chi connectivity index (χ2v) is 10.0. The van der Waals surface area contributed by atoms with E-state index in [1.165, 1.54) is 28.0 Å². The molecule has 8 heteroatoms. The normalized spacial score (nSPS) is 14.6. The SMILES string of the molecule is C=C(CCc1c(C)nn(-c2ccc3nnc(C)n3n2)c1C)N1CCN(Cc2ccc(C)cc2C)CC1. The van der Waals surface area contributed by atoms with Gasteiger partial charge in [0.15, 0.2) is 17.3 Å². The standard InChI is InChI=1S/C28H36N8/c1-19-7-9-25(20(2)17-19)18-33-13-15-34(16-14-33)21(3)8-10-26-22(4)31-35(23(26)5)28-12-11-27-30-29-24(6)36(27)32-28/h7,9,11-12,17H,3,8,10,13-16,18H2,1-2,4-6H3. The van der Waals surface area contributed by atoms with Crippen LogP contribution in [0.25, 0.3) is 11.5 Å². The van der Waals surface area contributed by atoms with Gasteiger partial charge in [0.1, 0.15) is 0 Å². The van der Waals surface area contributed by atoms with E-state index in [-0.39, 0.29) is 0 Å². The first-order chi connectivity index (χ1) is 17.3. The Bertz CT molecular complexity index is 1400. The number of rotatable bonds is 7. The Morgan fingerprint density at radius 2 is 1.69 bits per heavy atom. The van der Waals surface area contributed by atoms with E-state index in [4.69, 9.17) is 10.2 Å². The van der Waals surface area contributed by atoms with Crippen molar-refractivity contribution >= 4 is 5.65 Å². The van der Waals surface area contributed by atoms with Gasteiger partial charge in [-0.3, -0.25) is 4.90 Å². The quantitative estimate of drug-likeness (QED) is 0.393. The van der Waals surface area contributed by atoms with Crippen molar-refractivity contribution in [2.45, 2.75) is 54.0 Å². The first kappa shape index (κ1) is 24.2. The smallest absolute Gasteiger partial charge is 0.178 e. The lowest BCUT2D eigenvalue weighted by atomic mass is 10.0. The van der Waals surface area contributed by atoms with E-state index in [9.17, 15) is 0 Å². The summed E-state index contributed by atoms with van der Waals surface area (Å²) in [6, 6.07) is 10.7. The van der Waals surface area contributed by atoms with Crippen LogP contribution in [0.1, 0.15) is 45.9 Å². The summed E-state index contributed by atoms with van der Waals surface area (Å²) in [5.41, 5.74) is 9.54. The molecule has 36 heavy (non-hydrogen) atoms. The summed E-state index contributed by atoms with van der Waals surface area (Å²) in [6.45, 7) is 20.1. The zero-order valence-electron chi connectivity index (χ0n) is 22.1. The summed E-state index contributed by atoms with van der Waals surface area (Å²) in [5, 5.41) is 17.7. The van der Waals surface area contributed by atoms with Gasteiger partial charge in [0, 0.05) is 44.1 Å². The van der Waals surface area contributed by atoms with Crippen LogP contribution in [0.4, 0.5) is 0 Å². The van der Waals surface area contributed by atoms with Crippen LogP contribution in [-0.4, -0.2) is 65.6 Å². The van der Waals surface area contributed by atoms with E-state index < -0.39 is 0 Å². The molecule has 0 bridgehead atoms. The average molecular weight is 485 g/mol. The lowest BCUT2D eigenvalue weighted by Gasteiger charge is -2.37. The van der Waals surface area contributed by atoms with E-state index in [2.05, 4.69) is 72.5 Å². The van der Waals surface area contributed by atoms with Gasteiger partial charge in [0.2, 0.25) is 0 Å². The van der Waals surface area contributed by atoms with Crippen molar-refractivity contribution < 1.29 is 0 Å². The third kappa shape index (κ3) is 4.78. The van der Waals surface area contributed by atoms with Crippen LogP contribution < -0.4 is 0 Å². The minimum atomic E-state index is 0.739. The summed E-state index contributed by atoms with van der Waals surface area (Å²) >= 11 is 0. The third-order valence-corrected chi connectivity index (χ3v) is 7.44. The number of aromatic nitrogens is 6. The summed E-state index contributed by atoms with van der Waals surface area (Å²) in [5.74, 6) is 1.54. The number of hydrogen-bond acceptors (Lipinski definition) is 6. The van der Waals surface area contributed by atoms with Crippen LogP contribution in [0.15, 0.2) is 42.6 Å². The molecule has 4 aromatic rings. The third-order valence-electron chi connectivity index (χ3n) is 7.44. The zero-order valence-corrected chi connectivity index (χ0v) is 22.1. The minimum absolute atomic E-state index is 0.739. The second-order valence-electron chi connectivity index (χ2n) is 10.0. The molecule has 5 rings (SSSR count). The summed E-state index contributed by atoms with van der Waals surface area (Å²) in [7, 11) is 0. The fourth-order valence-electron chi connectivity index (χ4n) is 5.17. The van der Waals surface area contributed by atoms with Gasteiger partial charge in [-0.15, -0.1) is 15.3 Å². The van der Waals surface area contributed by atoms with Crippen molar-refractivity contribution in [1.82, 2.24) is 39.4 Å². The van der Waals surface area contributed by atoms with E-state index >= 15 is 0 Å². The first-order valence-corrected chi connectivity index (χ1v) is 12.8. The van der Waals surface area contributed by atoms with Gasteiger partial charge in [-0.1, -0.05) is 30.3 Å². The lowest BCUT2D eigenvalue weighted by molar-refractivity contribution is 0.150. The number of aryl methyl sites for hydroxylation is 4. The molecule has 0 atom stereocenters. The van der Waals surface area contributed by atoms with Crippen molar-refractivity contribution in [1.29, 1.82) is 0 Å². The van der Waals surface area contributed by atoms with Crippen LogP contribution >= 0.6 is 0 Å². The van der Waals surface area contributed by atoms with Gasteiger partial charge in [0.05, 0.1) is 5.69 Å². The Morgan fingerprint density at radius 1 is 0.917 bits per heavy atom. The molecule has 1 saturated heterocycles. The van der Waals surface area contributed by atoms with Crippen LogP contribution in [0.3, 0.4) is 0 Å². The van der Waals surface area contributed by atoms with E-state index in [1.807, 2.05) is 23.7 Å². The number of hydrogen-bond donors (Lipinski definition) is 0. The van der Waals surface area contributed by atoms with Crippen molar-refractivity contribution in [2.24, 2.45) is 0 Å². The molecular weight excluding hydrogens is 448 g/mol. The van der Waals surface area contributed by atoms with Gasteiger partial charge in [-0.05, 0) is 76.3 Å². The summed E-state index contributed by atoms with van der Waals surface area (Å²) in [6.07, 6.45) is 1.86. The Hall–Kier alpha value is -3.52. The molecule has 0 N–H and O–H groups in total. The predicted molar refractivity (Wildman–Crippen MR) is 142 cm³/mol. The molecule has 1 aliphatic heterocycles. The molecular formula is C28H36N8. The number of allylic oxidation sites excluding steroid dienone is 1. The molecule has 0 spiro atoms. The fourth-order valence-corrected chi connectivity index (χ4v) is 5.17. The van der Waals surface area contributed by atoms with E-state index in [1.54, 1.807) is 4.52 Å². The topological polar surface area (TPSA) is 67.4 Å². The maximum absolute atomic E-state index is 4.80. The molecule has 8 nitrogen and oxygen atoms in total. The number of piperazine rings is 1. The van der Waals surface area contributed by atoms with Crippen LogP contribution in [0.5, 0.6) is 0 Å². The van der Waals surface area contributed by atoms with Gasteiger partial charge in [0.25, 0.3) is 0 Å². The number of nitrogens with zero attached hydrogens (tertiary/aromatic N) is 8. The highest BCUT2D eigenvalue weighted by atomic mass is 15.4. The summed E-state index contributed by atoms with van der Waals surface area (Å²) in [4.78, 5) is 5.01. The first-order valence-electron chi connectivity index (χ1n) is 12.8. The Kier molecular flexibility index (Phi) is 6.62. The molecule has 4 heterocycles. The Balaban J connectivity index is 1.19. The minimum Gasteiger partial charge on any atom is -0.373 e. The van der Waals surface area contributed by atoms with Crippen LogP contribution in [0, 0.1) is 34.6 Å². The van der Waals surface area contributed by atoms with Crippen LogP contribution in [-0.2, 0) is 13.0 Å². The Labute approximate surface area is 213 Å². The van der Waals surface area contributed by atoms with Gasteiger partial charge in [-0.25, -0.2) is 4.68 Å². The highest BCUT2D eigenvalue weighted by Gasteiger charge is 2.20. The molecule has 0 saturated carbocycles. The molecule has 188 valence electrons. The lowest BCUT2D eigenvalue weighted by Crippen LogP contribution is -2.45. The fraction of sp³-hybridized carbons (Fsp3) is 0.429. The van der Waals surface area contributed by atoms with Gasteiger partial charge < -0.3 is 4.90 Å². The highest BCUT2D eigenvalue weighted by molar-refractivity contribution is 5.41. The van der Waals surface area contributed by atoms with Crippen molar-refractivity contribution in [3.05, 3.63) is 82.1 Å². The largest absolute Gasteiger partial charge is 0.373 e. The molecule has 1 aliphatic rings. The molecule has 3 aromatic heterocycles. The molecule has 0 radical (unpaired) electrons. The monoisotopic (exact) mass is 484 g/mol. The van der Waals surface area contributed by atoms with E-state index in [0.717, 1.165) is 74.2 Å². The predicted octanol–water partition coefficient (Wildman–Crippen LogP) is 4.12. The van der Waals surface area contributed by atoms with Crippen molar-refractivity contribution in [2.75, 3.05) is 26.2 Å². The van der Waals surface area contributed by atoms with Crippen LogP contribution in [0.2, 0.25) is 0 Å². The number of benzene rings is 1. The number of fused-ring (bicyclic) bond motifs is 1. The molecule has 0 aliphatic carbocycles. The molecule has 1 aromatic carbocycles. The van der Waals surface area contributed by atoms with Crippen molar-refractivity contribution in [3.63, 3.8) is 0 Å². The molecule has 0 amide bonds. The van der Waals surface area contributed by atoms with Gasteiger partial charge in [-0.2, -0.15) is 9.61 Å². The highest BCUT2D eigenvalue weighted by Crippen LogP contribution is 2.22. The zero-order chi connectivity index (χ0) is 25.4. The summed E-state index contributed by atoms with van der Waals surface area (Å²) < 4.78 is 3.69. The average Bonchev–Trinajstić information content (AvgIpc) is 3.38. The maximum Gasteiger partial charge on any atom is 0.178 e. The van der Waals surface area contributed by atoms with E-state index in [0.29, 0.717) is 0 Å².